The van der Waals surface area contributed by atoms with E-state index >= 15 is 0 Å². The highest BCUT2D eigenvalue weighted by atomic mass is 19.4. The van der Waals surface area contributed by atoms with Crippen LogP contribution in [0, 0.1) is 17.2 Å². The summed E-state index contributed by atoms with van der Waals surface area (Å²) in [5.74, 6) is -1.36. The average Bonchev–Trinajstić information content (AvgIpc) is 2.76. The van der Waals surface area contributed by atoms with Gasteiger partial charge in [-0.3, -0.25) is 9.79 Å². The van der Waals surface area contributed by atoms with E-state index in [1.807, 2.05) is 0 Å². The Morgan fingerprint density at radius 1 is 1.71 bits per heavy atom. The van der Waals surface area contributed by atoms with Crippen LogP contribution in [0.15, 0.2) is 4.99 Å². The fourth-order valence-corrected chi connectivity index (χ4v) is 1.94. The van der Waals surface area contributed by atoms with E-state index in [2.05, 4.69) is 4.99 Å². The zero-order valence-electron chi connectivity index (χ0n) is 9.99. The van der Waals surface area contributed by atoms with Gasteiger partial charge in [-0.2, -0.15) is 0 Å². The Kier molecular flexibility index (Phi) is 4.86. The van der Waals surface area contributed by atoms with Crippen molar-refractivity contribution in [3.63, 3.8) is 0 Å². The van der Waals surface area contributed by atoms with Gasteiger partial charge in [0.15, 0.2) is 5.78 Å². The summed E-state index contributed by atoms with van der Waals surface area (Å²) in [6, 6.07) is -1.36. The van der Waals surface area contributed by atoms with Crippen molar-refractivity contribution < 1.29 is 13.8 Å². The molecule has 0 radical (unpaired) electrons. The first-order chi connectivity index (χ1) is 8.01. The van der Waals surface area contributed by atoms with Crippen LogP contribution in [-0.4, -0.2) is 35.6 Å². The van der Waals surface area contributed by atoms with Gasteiger partial charge in [0, 0.05) is 30.4 Å². The van der Waals surface area contributed by atoms with Crippen LogP contribution in [0.2, 0.25) is 0 Å². The first kappa shape index (κ1) is 13.9. The minimum atomic E-state index is -1.36. The molecule has 1 heterocycles. The predicted molar refractivity (Wildman–Crippen MR) is 61.5 cm³/mol. The topological polar surface area (TPSA) is 56.5 Å². The molecule has 6 heteroatoms. The van der Waals surface area contributed by atoms with Gasteiger partial charge in [0.05, 0.1) is 5.71 Å². The molecule has 96 valence electrons. The summed E-state index contributed by atoms with van der Waals surface area (Å²) in [7, 11) is 0. The molecule has 0 amide bonds. The monoisotopic (exact) mass is 245 g/mol. The van der Waals surface area contributed by atoms with Crippen LogP contribution in [-0.2, 0) is 4.79 Å². The molecule has 1 aliphatic rings. The second kappa shape index (κ2) is 5.95. The van der Waals surface area contributed by atoms with Gasteiger partial charge in [0.2, 0.25) is 0 Å². The normalized spacial score (nSPS) is 23.4. The highest BCUT2D eigenvalue weighted by molar-refractivity contribution is 6.30. The summed E-state index contributed by atoms with van der Waals surface area (Å²) in [5, 5.41) is 6.03. The molecule has 1 aliphatic heterocycles. The average molecular weight is 245 g/mol. The number of hydrogen-bond acceptors (Lipinski definition) is 4. The molecular formula is C11H17F2N3O. The molecule has 0 fully saturated rings. The van der Waals surface area contributed by atoms with Crippen LogP contribution in [0.1, 0.15) is 26.7 Å². The van der Waals surface area contributed by atoms with Gasteiger partial charge in [0.25, 0.3) is 0 Å². The van der Waals surface area contributed by atoms with Crippen molar-refractivity contribution in [3.8, 4) is 0 Å². The highest BCUT2D eigenvalue weighted by Crippen LogP contribution is 2.24. The minimum Gasteiger partial charge on any atom is -0.307 e. The smallest absolute Gasteiger partial charge is 0.161 e. The number of rotatable bonds is 6. The lowest BCUT2D eigenvalue weighted by Gasteiger charge is -2.23. The molecule has 0 bridgehead atoms. The lowest BCUT2D eigenvalue weighted by atomic mass is 9.88. The minimum absolute atomic E-state index is 0.227. The van der Waals surface area contributed by atoms with E-state index in [9.17, 15) is 13.8 Å². The van der Waals surface area contributed by atoms with E-state index in [4.69, 9.17) is 5.41 Å². The molecule has 4 nitrogen and oxygen atoms in total. The van der Waals surface area contributed by atoms with Gasteiger partial charge in [-0.05, 0) is 5.92 Å². The number of hydrogen-bond donors (Lipinski definition) is 1. The SMILES string of the molecule is CCC(C)[C@@H](C(=O)C1CN=C(C=N)C1)N(F)F. The first-order valence-corrected chi connectivity index (χ1v) is 5.69. The van der Waals surface area contributed by atoms with Crippen molar-refractivity contribution in [2.24, 2.45) is 16.8 Å². The number of Topliss-reactive ketones (excluding diaryl/α,β-unsaturated/α-hetero) is 1. The van der Waals surface area contributed by atoms with E-state index in [1.165, 1.54) is 0 Å². The Hall–Kier alpha value is -1.17. The fraction of sp³-hybridized carbons (Fsp3) is 0.727. The van der Waals surface area contributed by atoms with Crippen LogP contribution in [0.5, 0.6) is 0 Å². The Balaban J connectivity index is 2.70. The molecule has 1 rings (SSSR count). The number of aliphatic imine (C=N–C) groups is 1. The zero-order chi connectivity index (χ0) is 13.0. The first-order valence-electron chi connectivity index (χ1n) is 5.69. The fourth-order valence-electron chi connectivity index (χ4n) is 1.94. The molecule has 17 heavy (non-hydrogen) atoms. The number of halogens is 2. The van der Waals surface area contributed by atoms with Crippen molar-refractivity contribution in [2.45, 2.75) is 32.7 Å². The van der Waals surface area contributed by atoms with Crippen molar-refractivity contribution in [1.29, 1.82) is 5.41 Å². The van der Waals surface area contributed by atoms with Gasteiger partial charge in [-0.15, -0.1) is 8.96 Å². The van der Waals surface area contributed by atoms with Gasteiger partial charge in [0.1, 0.15) is 6.04 Å². The van der Waals surface area contributed by atoms with Gasteiger partial charge in [-0.25, -0.2) is 0 Å². The second-order valence-corrected chi connectivity index (χ2v) is 4.37. The molecular weight excluding hydrogens is 228 g/mol. The van der Waals surface area contributed by atoms with Crippen LogP contribution in [0.25, 0.3) is 0 Å². The van der Waals surface area contributed by atoms with Crippen LogP contribution >= 0.6 is 0 Å². The third-order valence-corrected chi connectivity index (χ3v) is 3.22. The summed E-state index contributed by atoms with van der Waals surface area (Å²) in [4.78, 5) is 16.0. The van der Waals surface area contributed by atoms with Gasteiger partial charge < -0.3 is 5.41 Å². The Labute approximate surface area is 99.1 Å². The highest BCUT2D eigenvalue weighted by Gasteiger charge is 2.37. The number of carbonyl (C=O) groups excluding carboxylic acids is 1. The van der Waals surface area contributed by atoms with Crippen molar-refractivity contribution >= 4 is 17.7 Å². The van der Waals surface area contributed by atoms with E-state index in [0.29, 0.717) is 18.6 Å². The predicted octanol–water partition coefficient (Wildman–Crippen LogP) is 2.15. The quantitative estimate of drug-likeness (QED) is 0.576. The second-order valence-electron chi connectivity index (χ2n) is 4.37. The Bertz CT molecular complexity index is 331. The Morgan fingerprint density at radius 2 is 2.35 bits per heavy atom. The largest absolute Gasteiger partial charge is 0.307 e. The van der Waals surface area contributed by atoms with Gasteiger partial charge >= 0.3 is 0 Å². The lowest BCUT2D eigenvalue weighted by Crippen LogP contribution is -2.41. The van der Waals surface area contributed by atoms with E-state index in [-0.39, 0.29) is 12.5 Å². The zero-order valence-corrected chi connectivity index (χ0v) is 9.99. The number of carbonyl (C=O) groups is 1. The molecule has 0 aromatic heterocycles. The third-order valence-electron chi connectivity index (χ3n) is 3.22. The molecule has 0 saturated heterocycles. The molecule has 0 aromatic carbocycles. The molecule has 0 aromatic rings. The summed E-state index contributed by atoms with van der Waals surface area (Å²) in [6.45, 7) is 3.65. The maximum absolute atomic E-state index is 12.7. The van der Waals surface area contributed by atoms with Crippen molar-refractivity contribution in [3.05, 3.63) is 0 Å². The van der Waals surface area contributed by atoms with Crippen molar-refractivity contribution in [2.75, 3.05) is 6.54 Å². The molecule has 0 spiro atoms. The number of ketones is 1. The number of nitrogens with zero attached hydrogens (tertiary/aromatic N) is 2. The van der Waals surface area contributed by atoms with Crippen LogP contribution in [0.4, 0.5) is 8.96 Å². The molecule has 0 aliphatic carbocycles. The summed E-state index contributed by atoms with van der Waals surface area (Å²) in [6.07, 6.45) is 1.91. The maximum atomic E-state index is 12.7. The molecule has 3 atom stereocenters. The van der Waals surface area contributed by atoms with E-state index in [0.717, 1.165) is 6.21 Å². The summed E-state index contributed by atoms with van der Waals surface area (Å²) >= 11 is 0. The van der Waals surface area contributed by atoms with E-state index in [1.54, 1.807) is 13.8 Å². The summed E-state index contributed by atoms with van der Waals surface area (Å²) in [5.41, 5.74) is 0.510. The molecule has 1 N–H and O–H groups in total. The van der Waals surface area contributed by atoms with E-state index < -0.39 is 23.1 Å². The Morgan fingerprint density at radius 3 is 2.76 bits per heavy atom. The third kappa shape index (κ3) is 3.15. The summed E-state index contributed by atoms with van der Waals surface area (Å²) < 4.78 is 25.5. The van der Waals surface area contributed by atoms with Crippen molar-refractivity contribution in [1.82, 2.24) is 5.34 Å². The maximum Gasteiger partial charge on any atom is 0.161 e. The van der Waals surface area contributed by atoms with Crippen LogP contribution in [0.3, 0.4) is 0 Å². The standard InChI is InChI=1S/C11H17F2N3O/c1-3-7(2)10(16(12)13)11(17)8-4-9(5-14)15-6-8/h5,7-8,10,14H,3-4,6H2,1-2H3/t7?,8?,10-/m0/s1. The lowest BCUT2D eigenvalue weighted by molar-refractivity contribution is -0.202. The van der Waals surface area contributed by atoms with Gasteiger partial charge in [-0.1, -0.05) is 20.3 Å². The molecule has 2 unspecified atom stereocenters. The van der Waals surface area contributed by atoms with Crippen LogP contribution < -0.4 is 0 Å². The number of nitrogens with one attached hydrogen (secondary N) is 1. The molecule has 0 saturated carbocycles.